The van der Waals surface area contributed by atoms with E-state index < -0.39 is 16.4 Å². The van der Waals surface area contributed by atoms with E-state index in [0.29, 0.717) is 12.8 Å². The number of nitrogens with one attached hydrogen (secondary N) is 1. The maximum Gasteiger partial charge on any atom is 0.305 e. The summed E-state index contributed by atoms with van der Waals surface area (Å²) in [5.74, 6) is -0.632. The molecule has 20 heavy (non-hydrogen) atoms. The van der Waals surface area contributed by atoms with Gasteiger partial charge in [0.15, 0.2) is 0 Å². The molecule has 1 aliphatic rings. The van der Waals surface area contributed by atoms with Crippen LogP contribution in [0.25, 0.3) is 0 Å². The Morgan fingerprint density at radius 3 is 2.75 bits per heavy atom. The second-order valence-electron chi connectivity index (χ2n) is 4.76. The SMILES string of the molecule is N#Cc1nc(NC2(CC(=O)O)CCC2)ccc1[N+](=O)[O-]. The first-order valence-corrected chi connectivity index (χ1v) is 6.01. The maximum absolute atomic E-state index is 10.9. The van der Waals surface area contributed by atoms with Crippen molar-refractivity contribution >= 4 is 17.5 Å². The molecule has 0 spiro atoms. The summed E-state index contributed by atoms with van der Waals surface area (Å²) in [5.41, 5.74) is -1.22. The van der Waals surface area contributed by atoms with Gasteiger partial charge in [-0.2, -0.15) is 5.26 Å². The van der Waals surface area contributed by atoms with Crippen molar-refractivity contribution in [2.24, 2.45) is 0 Å². The first kappa shape index (κ1) is 13.7. The fraction of sp³-hybridized carbons (Fsp3) is 0.417. The van der Waals surface area contributed by atoms with Gasteiger partial charge in [0, 0.05) is 11.6 Å². The molecule has 1 aromatic rings. The summed E-state index contributed by atoms with van der Waals surface area (Å²) in [4.78, 5) is 24.8. The van der Waals surface area contributed by atoms with Gasteiger partial charge in [-0.25, -0.2) is 4.98 Å². The van der Waals surface area contributed by atoms with Crippen molar-refractivity contribution < 1.29 is 14.8 Å². The number of nitriles is 1. The van der Waals surface area contributed by atoms with Gasteiger partial charge < -0.3 is 10.4 Å². The van der Waals surface area contributed by atoms with Crippen LogP contribution in [0.3, 0.4) is 0 Å². The number of carboxylic acid groups (broad SMARTS) is 1. The number of nitro groups is 1. The molecule has 1 fully saturated rings. The number of pyridine rings is 1. The van der Waals surface area contributed by atoms with Crippen LogP contribution in [0.2, 0.25) is 0 Å². The molecule has 2 N–H and O–H groups in total. The third-order valence-corrected chi connectivity index (χ3v) is 3.37. The summed E-state index contributed by atoms with van der Waals surface area (Å²) in [6, 6.07) is 4.26. The van der Waals surface area contributed by atoms with Crippen LogP contribution in [0.4, 0.5) is 11.5 Å². The molecule has 0 amide bonds. The highest BCUT2D eigenvalue weighted by molar-refractivity contribution is 5.69. The number of aliphatic carboxylic acids is 1. The van der Waals surface area contributed by atoms with Gasteiger partial charge >= 0.3 is 11.7 Å². The second kappa shape index (κ2) is 5.13. The highest BCUT2D eigenvalue weighted by Crippen LogP contribution is 2.38. The average molecular weight is 276 g/mol. The number of carboxylic acids is 1. The number of anilines is 1. The number of carbonyl (C=O) groups is 1. The summed E-state index contributed by atoms with van der Waals surface area (Å²) < 4.78 is 0. The lowest BCUT2D eigenvalue weighted by Gasteiger charge is -2.41. The van der Waals surface area contributed by atoms with Crippen LogP contribution in [0.5, 0.6) is 0 Å². The van der Waals surface area contributed by atoms with Crippen LogP contribution in [-0.2, 0) is 4.79 Å². The monoisotopic (exact) mass is 276 g/mol. The van der Waals surface area contributed by atoms with E-state index in [1.54, 1.807) is 6.07 Å². The van der Waals surface area contributed by atoms with Gasteiger partial charge in [0.1, 0.15) is 11.9 Å². The molecule has 0 aliphatic heterocycles. The molecule has 0 bridgehead atoms. The second-order valence-corrected chi connectivity index (χ2v) is 4.76. The Morgan fingerprint density at radius 2 is 2.30 bits per heavy atom. The van der Waals surface area contributed by atoms with Crippen molar-refractivity contribution in [3.05, 3.63) is 27.9 Å². The Labute approximate surface area is 114 Å². The molecule has 8 heteroatoms. The molecule has 104 valence electrons. The third-order valence-electron chi connectivity index (χ3n) is 3.37. The van der Waals surface area contributed by atoms with Crippen molar-refractivity contribution in [1.29, 1.82) is 5.26 Å². The van der Waals surface area contributed by atoms with E-state index in [4.69, 9.17) is 10.4 Å². The van der Waals surface area contributed by atoms with Gasteiger partial charge in [-0.1, -0.05) is 0 Å². The van der Waals surface area contributed by atoms with E-state index in [0.717, 1.165) is 6.42 Å². The lowest BCUT2D eigenvalue weighted by molar-refractivity contribution is -0.385. The van der Waals surface area contributed by atoms with Crippen molar-refractivity contribution in [3.8, 4) is 6.07 Å². The number of nitrogens with zero attached hydrogens (tertiary/aromatic N) is 3. The zero-order chi connectivity index (χ0) is 14.8. The van der Waals surface area contributed by atoms with Crippen LogP contribution in [0.1, 0.15) is 31.4 Å². The summed E-state index contributed by atoms with van der Waals surface area (Å²) in [7, 11) is 0. The Bertz CT molecular complexity index is 604. The predicted octanol–water partition coefficient (Wildman–Crippen LogP) is 1.67. The lowest BCUT2D eigenvalue weighted by atomic mass is 9.74. The minimum Gasteiger partial charge on any atom is -0.481 e. The van der Waals surface area contributed by atoms with Crippen LogP contribution in [0.15, 0.2) is 12.1 Å². The summed E-state index contributed by atoms with van der Waals surface area (Å²) >= 11 is 0. The van der Waals surface area contributed by atoms with E-state index in [9.17, 15) is 14.9 Å². The van der Waals surface area contributed by atoms with Crippen molar-refractivity contribution in [2.45, 2.75) is 31.2 Å². The maximum atomic E-state index is 10.9. The molecule has 0 aromatic carbocycles. The van der Waals surface area contributed by atoms with E-state index in [1.165, 1.54) is 12.1 Å². The van der Waals surface area contributed by atoms with Gasteiger partial charge in [-0.3, -0.25) is 14.9 Å². The molecule has 0 radical (unpaired) electrons. The predicted molar refractivity (Wildman–Crippen MR) is 68.1 cm³/mol. The summed E-state index contributed by atoms with van der Waals surface area (Å²) in [6.45, 7) is 0. The van der Waals surface area contributed by atoms with Gasteiger partial charge in [-0.15, -0.1) is 0 Å². The molecule has 0 atom stereocenters. The normalized spacial score (nSPS) is 15.8. The molecule has 0 saturated heterocycles. The fourth-order valence-electron chi connectivity index (χ4n) is 2.26. The largest absolute Gasteiger partial charge is 0.481 e. The minimum absolute atomic E-state index is 0.0481. The number of aromatic nitrogens is 1. The van der Waals surface area contributed by atoms with Gasteiger partial charge in [-0.05, 0) is 25.3 Å². The molecule has 1 aromatic heterocycles. The van der Waals surface area contributed by atoms with Gasteiger partial charge in [0.25, 0.3) is 0 Å². The molecular weight excluding hydrogens is 264 g/mol. The zero-order valence-corrected chi connectivity index (χ0v) is 10.5. The van der Waals surface area contributed by atoms with Crippen LogP contribution < -0.4 is 5.32 Å². The topological polar surface area (TPSA) is 129 Å². The number of hydrogen-bond donors (Lipinski definition) is 2. The summed E-state index contributed by atoms with van der Waals surface area (Å²) in [6.07, 6.45) is 2.26. The van der Waals surface area contributed by atoms with Gasteiger partial charge in [0.2, 0.25) is 5.69 Å². The van der Waals surface area contributed by atoms with Gasteiger partial charge in [0.05, 0.1) is 11.3 Å². The third kappa shape index (κ3) is 2.66. The Hall–Kier alpha value is -2.69. The Balaban J connectivity index is 2.24. The Morgan fingerprint density at radius 1 is 1.60 bits per heavy atom. The van der Waals surface area contributed by atoms with Crippen LogP contribution >= 0.6 is 0 Å². The Kier molecular flexibility index (Phi) is 3.52. The smallest absolute Gasteiger partial charge is 0.305 e. The lowest BCUT2D eigenvalue weighted by Crippen LogP contribution is -2.47. The molecule has 1 saturated carbocycles. The minimum atomic E-state index is -0.917. The average Bonchev–Trinajstić information content (AvgIpc) is 2.35. The first-order chi connectivity index (χ1) is 9.46. The summed E-state index contributed by atoms with van der Waals surface area (Å²) in [5, 5.41) is 31.5. The molecule has 8 nitrogen and oxygen atoms in total. The van der Waals surface area contributed by atoms with Crippen molar-refractivity contribution in [1.82, 2.24) is 4.98 Å². The number of rotatable bonds is 5. The van der Waals surface area contributed by atoms with E-state index >= 15 is 0 Å². The molecule has 2 rings (SSSR count). The zero-order valence-electron chi connectivity index (χ0n) is 10.5. The van der Waals surface area contributed by atoms with E-state index in [1.807, 2.05) is 0 Å². The molecule has 1 aliphatic carbocycles. The molecular formula is C12H12N4O4. The van der Waals surface area contributed by atoms with Crippen LogP contribution in [-0.4, -0.2) is 26.5 Å². The quantitative estimate of drug-likeness (QED) is 0.618. The van der Waals surface area contributed by atoms with E-state index in [-0.39, 0.29) is 23.6 Å². The number of hydrogen-bond acceptors (Lipinski definition) is 6. The highest BCUT2D eigenvalue weighted by Gasteiger charge is 2.39. The highest BCUT2D eigenvalue weighted by atomic mass is 16.6. The van der Waals surface area contributed by atoms with Crippen LogP contribution in [0, 0.1) is 21.4 Å². The first-order valence-electron chi connectivity index (χ1n) is 6.01. The molecule has 1 heterocycles. The van der Waals surface area contributed by atoms with Crippen molar-refractivity contribution in [2.75, 3.05) is 5.32 Å². The van der Waals surface area contributed by atoms with Crippen molar-refractivity contribution in [3.63, 3.8) is 0 Å². The fourth-order valence-corrected chi connectivity index (χ4v) is 2.26. The standard InChI is InChI=1S/C12H12N4O4/c13-7-8-9(16(19)20)2-3-10(14-8)15-12(4-1-5-12)6-11(17)18/h2-3H,1,4-6H2,(H,14,15)(H,17,18). The molecule has 0 unspecified atom stereocenters. The van der Waals surface area contributed by atoms with E-state index in [2.05, 4.69) is 10.3 Å².